The van der Waals surface area contributed by atoms with Gasteiger partial charge in [0.05, 0.1) is 17.0 Å². The van der Waals surface area contributed by atoms with Gasteiger partial charge in [0.15, 0.2) is 0 Å². The van der Waals surface area contributed by atoms with E-state index in [-0.39, 0.29) is 18.0 Å². The molecule has 3 rings (SSSR count). The fourth-order valence-electron chi connectivity index (χ4n) is 2.47. The lowest BCUT2D eigenvalue weighted by atomic mass is 10.1. The van der Waals surface area contributed by atoms with Crippen LogP contribution in [0.25, 0.3) is 10.6 Å². The number of hydrogen-bond donors (Lipinski definition) is 1. The van der Waals surface area contributed by atoms with Crippen LogP contribution in [0.3, 0.4) is 0 Å². The summed E-state index contributed by atoms with van der Waals surface area (Å²) in [7, 11) is 0. The zero-order chi connectivity index (χ0) is 18.5. The number of carbonyl (C=O) groups excluding carboxylic acids is 1. The van der Waals surface area contributed by atoms with Gasteiger partial charge in [-0.15, -0.1) is 11.3 Å². The summed E-state index contributed by atoms with van der Waals surface area (Å²) in [6.45, 7) is 2.11. The summed E-state index contributed by atoms with van der Waals surface area (Å²) in [5, 5.41) is 16.2. The van der Waals surface area contributed by atoms with Crippen molar-refractivity contribution >= 4 is 28.6 Å². The average Bonchev–Trinajstić information content (AvgIpc) is 3.10. The van der Waals surface area contributed by atoms with Gasteiger partial charge in [-0.25, -0.2) is 4.98 Å². The van der Waals surface area contributed by atoms with Crippen LogP contribution in [-0.4, -0.2) is 15.8 Å². The highest BCUT2D eigenvalue weighted by Crippen LogP contribution is 2.24. The first kappa shape index (κ1) is 17.8. The highest BCUT2D eigenvalue weighted by molar-refractivity contribution is 7.13. The molecule has 7 heteroatoms. The minimum absolute atomic E-state index is 0.0609. The van der Waals surface area contributed by atoms with E-state index in [0.717, 1.165) is 17.0 Å². The fraction of sp³-hybridized carbons (Fsp3) is 0.158. The SMILES string of the molecule is CCc1ccc(-c2nc(CC(=O)Nc3cccc([N+](=O)[O-])c3)cs2)cc1. The number of anilines is 1. The molecule has 0 fully saturated rings. The lowest BCUT2D eigenvalue weighted by Gasteiger charge is -2.03. The van der Waals surface area contributed by atoms with Gasteiger partial charge in [0.25, 0.3) is 5.69 Å². The molecule has 1 amide bonds. The topological polar surface area (TPSA) is 85.1 Å². The summed E-state index contributed by atoms with van der Waals surface area (Å²) in [5.41, 5.74) is 3.30. The molecule has 0 aliphatic rings. The molecule has 1 N–H and O–H groups in total. The van der Waals surface area contributed by atoms with Crippen molar-refractivity contribution in [1.82, 2.24) is 4.98 Å². The second-order valence-corrected chi connectivity index (χ2v) is 6.58. The number of nitro groups is 1. The van der Waals surface area contributed by atoms with Gasteiger partial charge in [-0.05, 0) is 18.1 Å². The molecular formula is C19H17N3O3S. The van der Waals surface area contributed by atoms with E-state index in [2.05, 4.69) is 29.4 Å². The van der Waals surface area contributed by atoms with Gasteiger partial charge in [0.2, 0.25) is 5.91 Å². The molecule has 0 radical (unpaired) electrons. The maximum atomic E-state index is 12.2. The van der Waals surface area contributed by atoms with Crippen LogP contribution in [0.4, 0.5) is 11.4 Å². The maximum Gasteiger partial charge on any atom is 0.271 e. The van der Waals surface area contributed by atoms with E-state index in [1.54, 1.807) is 6.07 Å². The van der Waals surface area contributed by atoms with Gasteiger partial charge in [0.1, 0.15) is 5.01 Å². The molecule has 132 valence electrons. The predicted molar refractivity (Wildman–Crippen MR) is 102 cm³/mol. The Kier molecular flexibility index (Phi) is 5.38. The van der Waals surface area contributed by atoms with E-state index in [9.17, 15) is 14.9 Å². The van der Waals surface area contributed by atoms with Crippen molar-refractivity contribution < 1.29 is 9.72 Å². The first-order valence-electron chi connectivity index (χ1n) is 8.13. The standard InChI is InChI=1S/C19H17N3O3S/c1-2-13-6-8-14(9-7-13)19-21-16(12-26-19)11-18(23)20-15-4-3-5-17(10-15)22(24)25/h3-10,12H,2,11H2,1H3,(H,20,23). The lowest BCUT2D eigenvalue weighted by molar-refractivity contribution is -0.384. The van der Waals surface area contributed by atoms with Crippen LogP contribution in [0, 0.1) is 10.1 Å². The number of nitro benzene ring substituents is 1. The summed E-state index contributed by atoms with van der Waals surface area (Å²) in [5.74, 6) is -0.260. The van der Waals surface area contributed by atoms with Crippen LogP contribution >= 0.6 is 11.3 Å². The van der Waals surface area contributed by atoms with Crippen LogP contribution < -0.4 is 5.32 Å². The summed E-state index contributed by atoms with van der Waals surface area (Å²) < 4.78 is 0. The number of non-ortho nitro benzene ring substituents is 1. The number of carbonyl (C=O) groups is 1. The van der Waals surface area contributed by atoms with Gasteiger partial charge < -0.3 is 5.32 Å². The summed E-state index contributed by atoms with van der Waals surface area (Å²) in [4.78, 5) is 27.0. The zero-order valence-electron chi connectivity index (χ0n) is 14.1. The number of aromatic nitrogens is 1. The van der Waals surface area contributed by atoms with E-state index in [1.807, 2.05) is 17.5 Å². The molecule has 26 heavy (non-hydrogen) atoms. The number of aryl methyl sites for hydroxylation is 1. The molecular weight excluding hydrogens is 350 g/mol. The zero-order valence-corrected chi connectivity index (χ0v) is 15.0. The minimum Gasteiger partial charge on any atom is -0.325 e. The Morgan fingerprint density at radius 3 is 2.69 bits per heavy atom. The molecule has 0 saturated carbocycles. The van der Waals surface area contributed by atoms with Crippen molar-refractivity contribution in [2.45, 2.75) is 19.8 Å². The highest BCUT2D eigenvalue weighted by Gasteiger charge is 2.11. The Bertz CT molecular complexity index is 935. The number of amides is 1. The first-order chi connectivity index (χ1) is 12.5. The van der Waals surface area contributed by atoms with E-state index in [1.165, 1.54) is 35.1 Å². The second kappa shape index (κ2) is 7.88. The number of rotatable bonds is 6. The van der Waals surface area contributed by atoms with Crippen molar-refractivity contribution in [2.24, 2.45) is 0 Å². The highest BCUT2D eigenvalue weighted by atomic mass is 32.1. The Balaban J connectivity index is 1.65. The third-order valence-corrected chi connectivity index (χ3v) is 4.78. The van der Waals surface area contributed by atoms with Crippen molar-refractivity contribution in [3.8, 4) is 10.6 Å². The van der Waals surface area contributed by atoms with Crippen LogP contribution in [0.5, 0.6) is 0 Å². The third-order valence-electron chi connectivity index (χ3n) is 3.84. The Morgan fingerprint density at radius 2 is 2.00 bits per heavy atom. The van der Waals surface area contributed by atoms with Crippen LogP contribution in [0.1, 0.15) is 18.2 Å². The maximum absolute atomic E-state index is 12.2. The molecule has 0 saturated heterocycles. The van der Waals surface area contributed by atoms with Gasteiger partial charge in [-0.1, -0.05) is 37.3 Å². The molecule has 0 bridgehead atoms. The molecule has 0 atom stereocenters. The normalized spacial score (nSPS) is 10.5. The Hall–Kier alpha value is -3.06. The smallest absolute Gasteiger partial charge is 0.271 e. The average molecular weight is 367 g/mol. The van der Waals surface area contributed by atoms with Gasteiger partial charge >= 0.3 is 0 Å². The van der Waals surface area contributed by atoms with Crippen molar-refractivity contribution in [3.63, 3.8) is 0 Å². The molecule has 0 spiro atoms. The molecule has 0 aliphatic carbocycles. The molecule has 1 heterocycles. The molecule has 3 aromatic rings. The number of thiazole rings is 1. The second-order valence-electron chi connectivity index (χ2n) is 5.73. The lowest BCUT2D eigenvalue weighted by Crippen LogP contribution is -2.14. The fourth-order valence-corrected chi connectivity index (χ4v) is 3.30. The monoisotopic (exact) mass is 367 g/mol. The Labute approximate surface area is 154 Å². The molecule has 0 aliphatic heterocycles. The van der Waals surface area contributed by atoms with E-state index >= 15 is 0 Å². The van der Waals surface area contributed by atoms with Crippen LogP contribution in [-0.2, 0) is 17.6 Å². The third kappa shape index (κ3) is 4.31. The van der Waals surface area contributed by atoms with E-state index in [4.69, 9.17) is 0 Å². The molecule has 1 aromatic heterocycles. The van der Waals surface area contributed by atoms with Gasteiger partial charge in [-0.2, -0.15) is 0 Å². The summed E-state index contributed by atoms with van der Waals surface area (Å²) in [6.07, 6.45) is 1.10. The first-order valence-corrected chi connectivity index (χ1v) is 9.01. The minimum atomic E-state index is -0.494. The van der Waals surface area contributed by atoms with Gasteiger partial charge in [0, 0.05) is 28.8 Å². The largest absolute Gasteiger partial charge is 0.325 e. The van der Waals surface area contributed by atoms with E-state index < -0.39 is 4.92 Å². The summed E-state index contributed by atoms with van der Waals surface area (Å²) >= 11 is 1.49. The van der Waals surface area contributed by atoms with Crippen LogP contribution in [0.2, 0.25) is 0 Å². The Morgan fingerprint density at radius 1 is 1.23 bits per heavy atom. The van der Waals surface area contributed by atoms with E-state index in [0.29, 0.717) is 11.4 Å². The molecule has 2 aromatic carbocycles. The number of nitrogens with one attached hydrogen (secondary N) is 1. The molecule has 6 nitrogen and oxygen atoms in total. The van der Waals surface area contributed by atoms with Crippen LogP contribution in [0.15, 0.2) is 53.9 Å². The number of hydrogen-bond acceptors (Lipinski definition) is 5. The van der Waals surface area contributed by atoms with Crippen molar-refractivity contribution in [2.75, 3.05) is 5.32 Å². The summed E-state index contributed by atoms with van der Waals surface area (Å²) in [6, 6.07) is 14.1. The predicted octanol–water partition coefficient (Wildman–Crippen LogP) is 4.46. The number of nitrogens with zero attached hydrogens (tertiary/aromatic N) is 2. The van der Waals surface area contributed by atoms with Gasteiger partial charge in [-0.3, -0.25) is 14.9 Å². The number of benzene rings is 2. The molecule has 0 unspecified atom stereocenters. The quantitative estimate of drug-likeness (QED) is 0.515. The van der Waals surface area contributed by atoms with Crippen molar-refractivity contribution in [1.29, 1.82) is 0 Å². The van der Waals surface area contributed by atoms with Crippen molar-refractivity contribution in [3.05, 3.63) is 75.3 Å².